The van der Waals surface area contributed by atoms with Gasteiger partial charge in [-0.05, 0) is 67.4 Å². The SMILES string of the molecule is CCCNC(=O)[C@@H](CC)N(Cc1c(Cl)cccc1Cl)C(=O)CN(c1cccc(Cl)c1)S(=O)(=O)c1ccc(OC)cc1. The molecule has 0 radical (unpaired) electrons. The number of benzene rings is 3. The number of sulfonamides is 1. The van der Waals surface area contributed by atoms with E-state index in [1.165, 1.54) is 42.3 Å². The van der Waals surface area contributed by atoms with Crippen LogP contribution >= 0.6 is 34.8 Å². The van der Waals surface area contributed by atoms with Crippen LogP contribution in [0.1, 0.15) is 32.3 Å². The number of nitrogens with zero attached hydrogens (tertiary/aromatic N) is 2. The quantitative estimate of drug-likeness (QED) is 0.241. The maximum absolute atomic E-state index is 14.1. The van der Waals surface area contributed by atoms with Gasteiger partial charge in [0.2, 0.25) is 11.8 Å². The fourth-order valence-corrected chi connectivity index (χ4v) is 6.28. The first-order valence-corrected chi connectivity index (χ1v) is 15.5. The molecule has 0 aliphatic heterocycles. The highest BCUT2D eigenvalue weighted by Crippen LogP contribution is 2.30. The lowest BCUT2D eigenvalue weighted by Crippen LogP contribution is -2.52. The summed E-state index contributed by atoms with van der Waals surface area (Å²) >= 11 is 19.1. The number of rotatable bonds is 13. The van der Waals surface area contributed by atoms with Gasteiger partial charge >= 0.3 is 0 Å². The molecule has 0 aliphatic rings. The van der Waals surface area contributed by atoms with Crippen molar-refractivity contribution < 1.29 is 22.7 Å². The highest BCUT2D eigenvalue weighted by atomic mass is 35.5. The van der Waals surface area contributed by atoms with Crippen LogP contribution < -0.4 is 14.4 Å². The molecule has 220 valence electrons. The van der Waals surface area contributed by atoms with Crippen LogP contribution in [0, 0.1) is 0 Å². The van der Waals surface area contributed by atoms with Gasteiger partial charge in [0.05, 0.1) is 17.7 Å². The molecule has 0 aliphatic carbocycles. The number of carbonyl (C=O) groups excluding carboxylic acids is 2. The van der Waals surface area contributed by atoms with Gasteiger partial charge < -0.3 is 15.0 Å². The summed E-state index contributed by atoms with van der Waals surface area (Å²) in [5.41, 5.74) is 0.624. The smallest absolute Gasteiger partial charge is 0.264 e. The van der Waals surface area contributed by atoms with Gasteiger partial charge in [0, 0.05) is 33.7 Å². The van der Waals surface area contributed by atoms with Gasteiger partial charge in [-0.3, -0.25) is 13.9 Å². The van der Waals surface area contributed by atoms with E-state index < -0.39 is 28.5 Å². The third kappa shape index (κ3) is 8.07. The van der Waals surface area contributed by atoms with Gasteiger partial charge in [-0.25, -0.2) is 8.42 Å². The van der Waals surface area contributed by atoms with E-state index in [4.69, 9.17) is 39.5 Å². The molecule has 0 unspecified atom stereocenters. The van der Waals surface area contributed by atoms with Gasteiger partial charge in [-0.1, -0.05) is 60.8 Å². The Bertz CT molecular complexity index is 1450. The number of hydrogen-bond acceptors (Lipinski definition) is 5. The monoisotopic (exact) mass is 639 g/mol. The van der Waals surface area contributed by atoms with Crippen molar-refractivity contribution in [2.45, 2.75) is 44.2 Å². The molecule has 0 saturated carbocycles. The van der Waals surface area contributed by atoms with E-state index in [2.05, 4.69) is 5.32 Å². The summed E-state index contributed by atoms with van der Waals surface area (Å²) in [4.78, 5) is 28.5. The zero-order valence-corrected chi connectivity index (χ0v) is 26.0. The van der Waals surface area contributed by atoms with Crippen molar-refractivity contribution in [2.75, 3.05) is 24.5 Å². The summed E-state index contributed by atoms with van der Waals surface area (Å²) in [6.45, 7) is 3.38. The van der Waals surface area contributed by atoms with Crippen LogP contribution in [-0.2, 0) is 26.2 Å². The Labute approximate surface area is 256 Å². The van der Waals surface area contributed by atoms with Crippen LogP contribution in [0.15, 0.2) is 71.6 Å². The lowest BCUT2D eigenvalue weighted by atomic mass is 10.1. The Morgan fingerprint density at radius 2 is 1.59 bits per heavy atom. The number of hydrogen-bond donors (Lipinski definition) is 1. The number of ether oxygens (including phenoxy) is 1. The van der Waals surface area contributed by atoms with Crippen molar-refractivity contribution in [2.24, 2.45) is 0 Å². The summed E-state index contributed by atoms with van der Waals surface area (Å²) in [6.07, 6.45) is 0.973. The van der Waals surface area contributed by atoms with E-state index in [0.29, 0.717) is 34.3 Å². The lowest BCUT2D eigenvalue weighted by molar-refractivity contribution is -0.140. The van der Waals surface area contributed by atoms with Gasteiger partial charge in [0.1, 0.15) is 18.3 Å². The molecule has 12 heteroatoms. The Morgan fingerprint density at radius 1 is 0.951 bits per heavy atom. The van der Waals surface area contributed by atoms with Crippen LogP contribution in [0.2, 0.25) is 15.1 Å². The van der Waals surface area contributed by atoms with Crippen LogP contribution in [-0.4, -0.2) is 51.4 Å². The van der Waals surface area contributed by atoms with Gasteiger partial charge in [0.25, 0.3) is 10.0 Å². The van der Waals surface area contributed by atoms with Crippen molar-refractivity contribution in [3.05, 3.63) is 87.4 Å². The molecule has 0 aromatic heterocycles. The van der Waals surface area contributed by atoms with E-state index >= 15 is 0 Å². The van der Waals surface area contributed by atoms with Crippen LogP contribution in [0.5, 0.6) is 5.75 Å². The largest absolute Gasteiger partial charge is 0.497 e. The molecule has 0 fully saturated rings. The summed E-state index contributed by atoms with van der Waals surface area (Å²) in [7, 11) is -2.79. The van der Waals surface area contributed by atoms with E-state index in [0.717, 1.165) is 4.31 Å². The van der Waals surface area contributed by atoms with Crippen molar-refractivity contribution in [3.8, 4) is 5.75 Å². The number of halogens is 3. The predicted octanol–water partition coefficient (Wildman–Crippen LogP) is 6.18. The molecule has 3 rings (SSSR count). The number of carbonyl (C=O) groups is 2. The molecule has 1 N–H and O–H groups in total. The molecule has 8 nitrogen and oxygen atoms in total. The van der Waals surface area contributed by atoms with Crippen LogP contribution in [0.4, 0.5) is 5.69 Å². The number of amides is 2. The second-order valence-corrected chi connectivity index (χ2v) is 12.2. The van der Waals surface area contributed by atoms with E-state index in [1.807, 2.05) is 6.92 Å². The molecule has 0 bridgehead atoms. The Kier molecular flexibility index (Phi) is 11.7. The third-order valence-corrected chi connectivity index (χ3v) is 9.08. The predicted molar refractivity (Wildman–Crippen MR) is 163 cm³/mol. The average molecular weight is 641 g/mol. The molecule has 0 spiro atoms. The van der Waals surface area contributed by atoms with Crippen LogP contribution in [0.3, 0.4) is 0 Å². The highest BCUT2D eigenvalue weighted by molar-refractivity contribution is 7.92. The van der Waals surface area contributed by atoms with Gasteiger partial charge in [0.15, 0.2) is 0 Å². The summed E-state index contributed by atoms with van der Waals surface area (Å²) in [5, 5.41) is 3.75. The highest BCUT2D eigenvalue weighted by Gasteiger charge is 2.34. The van der Waals surface area contributed by atoms with Gasteiger partial charge in [-0.15, -0.1) is 0 Å². The van der Waals surface area contributed by atoms with E-state index in [9.17, 15) is 18.0 Å². The van der Waals surface area contributed by atoms with Crippen molar-refractivity contribution in [1.29, 1.82) is 0 Å². The van der Waals surface area contributed by atoms with Crippen LogP contribution in [0.25, 0.3) is 0 Å². The minimum absolute atomic E-state index is 0.0560. The Hall–Kier alpha value is -2.98. The maximum atomic E-state index is 14.1. The summed E-state index contributed by atoms with van der Waals surface area (Å²) < 4.78 is 34.0. The second kappa shape index (κ2) is 14.8. The summed E-state index contributed by atoms with van der Waals surface area (Å²) in [6, 6.07) is 16.0. The summed E-state index contributed by atoms with van der Waals surface area (Å²) in [5.74, 6) is -0.518. The van der Waals surface area contributed by atoms with Crippen molar-refractivity contribution in [3.63, 3.8) is 0 Å². The molecule has 0 saturated heterocycles. The Morgan fingerprint density at radius 3 is 2.15 bits per heavy atom. The fraction of sp³-hybridized carbons (Fsp3) is 0.310. The van der Waals surface area contributed by atoms with E-state index in [-0.39, 0.29) is 34.5 Å². The van der Waals surface area contributed by atoms with Gasteiger partial charge in [-0.2, -0.15) is 0 Å². The molecule has 3 aromatic rings. The molecule has 1 atom stereocenters. The minimum atomic E-state index is -4.26. The maximum Gasteiger partial charge on any atom is 0.264 e. The molecular formula is C29H32Cl3N3O5S. The second-order valence-electron chi connectivity index (χ2n) is 9.10. The first-order valence-electron chi connectivity index (χ1n) is 13.0. The number of methoxy groups -OCH3 is 1. The normalized spacial score (nSPS) is 12.0. The first kappa shape index (κ1) is 32.5. The molecule has 41 heavy (non-hydrogen) atoms. The van der Waals surface area contributed by atoms with Crippen molar-refractivity contribution in [1.82, 2.24) is 10.2 Å². The number of anilines is 1. The van der Waals surface area contributed by atoms with E-state index in [1.54, 1.807) is 43.3 Å². The zero-order chi connectivity index (χ0) is 30.2. The molecule has 3 aromatic carbocycles. The molecule has 0 heterocycles. The Balaban J connectivity index is 2.09. The van der Waals surface area contributed by atoms with Crippen molar-refractivity contribution >= 4 is 62.3 Å². The average Bonchev–Trinajstić information content (AvgIpc) is 2.95. The standard InChI is InChI=1S/C29H32Cl3N3O5S/c1-4-16-33-29(37)27(5-2)34(18-24-25(31)10-7-11-26(24)32)28(36)19-35(21-9-6-8-20(30)17-21)41(38,39)23-14-12-22(40-3)13-15-23/h6-15,17,27H,4-5,16,18-19H2,1-3H3,(H,33,37)/t27-/m1/s1. The first-order chi connectivity index (χ1) is 19.5. The number of nitrogens with one attached hydrogen (secondary N) is 1. The lowest BCUT2D eigenvalue weighted by Gasteiger charge is -2.33. The fourth-order valence-electron chi connectivity index (χ4n) is 4.17. The third-order valence-electron chi connectivity index (χ3n) is 6.35. The minimum Gasteiger partial charge on any atom is -0.497 e. The molecular weight excluding hydrogens is 609 g/mol. The topological polar surface area (TPSA) is 96.0 Å². The molecule has 2 amide bonds. The zero-order valence-electron chi connectivity index (χ0n) is 22.9.